The molecule has 2 aromatic heterocycles. The Morgan fingerprint density at radius 3 is 1.56 bits per heavy atom. The van der Waals surface area contributed by atoms with Gasteiger partial charge in [-0.05, 0) is 79.4 Å². The molecule has 17 nitrogen and oxygen atoms in total. The molecule has 0 saturated heterocycles. The van der Waals surface area contributed by atoms with Gasteiger partial charge in [0.2, 0.25) is 0 Å². The number of aromatic nitrogens is 2. The van der Waals surface area contributed by atoms with Crippen LogP contribution in [0.1, 0.15) is 42.3 Å². The van der Waals surface area contributed by atoms with Crippen LogP contribution in [0.4, 0.5) is 21.9 Å². The minimum Gasteiger partial charge on any atom is -0.496 e. The first-order valence-corrected chi connectivity index (χ1v) is 18.4. The van der Waals surface area contributed by atoms with Crippen molar-refractivity contribution < 1.29 is 38.8 Å². The number of carbonyl (C=O) groups is 2. The summed E-state index contributed by atoms with van der Waals surface area (Å²) in [7, 11) is 3.03. The Labute approximate surface area is 348 Å². The summed E-state index contributed by atoms with van der Waals surface area (Å²) in [6, 6.07) is 28.5. The number of hydrogen-bond donors (Lipinski definition) is 2. The number of amides is 1. The fourth-order valence-corrected chi connectivity index (χ4v) is 6.03. The number of carboxylic acids is 1. The summed E-state index contributed by atoms with van der Waals surface area (Å²) in [6.07, 6.45) is 2.35. The molecule has 314 valence electrons. The number of aromatic carboxylic acids is 1. The van der Waals surface area contributed by atoms with Crippen LogP contribution in [-0.4, -0.2) is 56.0 Å². The average molecular weight is 832 g/mol. The highest BCUT2D eigenvalue weighted by atomic mass is 16.6. The number of ether oxygens (including phenoxy) is 3. The van der Waals surface area contributed by atoms with Gasteiger partial charge in [0.15, 0.2) is 0 Å². The number of hydrogen-bond acceptors (Lipinski definition) is 11. The lowest BCUT2D eigenvalue weighted by Gasteiger charge is -2.19. The summed E-state index contributed by atoms with van der Waals surface area (Å²) in [5.41, 5.74) is 2.93. The van der Waals surface area contributed by atoms with Gasteiger partial charge in [0.1, 0.15) is 17.1 Å². The van der Waals surface area contributed by atoms with E-state index < -0.39 is 33.1 Å². The van der Waals surface area contributed by atoms with E-state index >= 15 is 0 Å². The van der Waals surface area contributed by atoms with Gasteiger partial charge in [-0.15, -0.1) is 0 Å². The van der Waals surface area contributed by atoms with E-state index in [0.29, 0.717) is 39.4 Å². The van der Waals surface area contributed by atoms with E-state index in [1.165, 1.54) is 65.9 Å². The average Bonchev–Trinajstić information content (AvgIpc) is 3.22. The van der Waals surface area contributed by atoms with Crippen molar-refractivity contribution in [1.29, 1.82) is 0 Å². The van der Waals surface area contributed by atoms with Gasteiger partial charge in [-0.3, -0.25) is 35.1 Å². The van der Waals surface area contributed by atoms with Crippen LogP contribution in [0.3, 0.4) is 0 Å². The molecule has 0 saturated carbocycles. The summed E-state index contributed by atoms with van der Waals surface area (Å²) in [5, 5.41) is 33.7. The minimum absolute atomic E-state index is 0.0238. The molecule has 4 aromatic carbocycles. The van der Waals surface area contributed by atoms with E-state index in [-0.39, 0.29) is 35.6 Å². The number of benzene rings is 4. The number of nitro benzene ring substituents is 2. The molecule has 0 atom stereocenters. The molecule has 2 heterocycles. The number of carbonyl (C=O) groups excluding carboxylic acids is 1. The monoisotopic (exact) mass is 831 g/mol. The number of nitro groups is 2. The first kappa shape index (κ1) is 44.0. The number of carboxylic acid groups (broad SMARTS) is 1. The van der Waals surface area contributed by atoms with Crippen LogP contribution in [0, 0.1) is 20.2 Å². The molecule has 0 aliphatic rings. The first-order valence-electron chi connectivity index (χ1n) is 18.4. The molecule has 0 radical (unpaired) electrons. The number of anilines is 1. The quantitative estimate of drug-likeness (QED) is 0.0884. The summed E-state index contributed by atoms with van der Waals surface area (Å²) in [6.45, 7) is 5.73. The van der Waals surface area contributed by atoms with E-state index in [0.717, 1.165) is 17.2 Å². The highest BCUT2D eigenvalue weighted by molar-refractivity contribution is 5.87. The van der Waals surface area contributed by atoms with Crippen molar-refractivity contribution in [3.05, 3.63) is 179 Å². The van der Waals surface area contributed by atoms with Gasteiger partial charge in [0, 0.05) is 59.9 Å². The Hall–Kier alpha value is -8.08. The van der Waals surface area contributed by atoms with Crippen molar-refractivity contribution in [2.75, 3.05) is 19.5 Å². The van der Waals surface area contributed by atoms with E-state index in [1.807, 2.05) is 12.1 Å². The normalized spacial score (nSPS) is 10.8. The lowest BCUT2D eigenvalue weighted by Crippen LogP contribution is -2.28. The summed E-state index contributed by atoms with van der Waals surface area (Å²) < 4.78 is 18.9. The van der Waals surface area contributed by atoms with Gasteiger partial charge in [0.05, 0.1) is 48.4 Å². The third-order valence-corrected chi connectivity index (χ3v) is 8.85. The zero-order chi connectivity index (χ0) is 44.4. The predicted molar refractivity (Wildman–Crippen MR) is 227 cm³/mol. The van der Waals surface area contributed by atoms with Crippen LogP contribution in [0.5, 0.6) is 11.5 Å². The fraction of sp³-hybridized carbons (Fsp3) is 0.182. The first-order chi connectivity index (χ1) is 28.9. The molecule has 61 heavy (non-hydrogen) atoms. The Bertz CT molecular complexity index is 2740. The van der Waals surface area contributed by atoms with Crippen molar-refractivity contribution in [3.8, 4) is 33.8 Å². The largest absolute Gasteiger partial charge is 0.496 e. The van der Waals surface area contributed by atoms with Crippen LogP contribution in [-0.2, 0) is 17.8 Å². The zero-order valence-corrected chi connectivity index (χ0v) is 33.7. The molecule has 0 aliphatic carbocycles. The zero-order valence-electron chi connectivity index (χ0n) is 33.7. The second kappa shape index (κ2) is 19.1. The molecular weight excluding hydrogens is 791 g/mol. The Morgan fingerprint density at radius 1 is 0.672 bits per heavy atom. The maximum atomic E-state index is 12.6. The highest BCUT2D eigenvalue weighted by Gasteiger charge is 2.17. The molecular formula is C44H41N5O12. The van der Waals surface area contributed by atoms with E-state index in [2.05, 4.69) is 5.32 Å². The summed E-state index contributed by atoms with van der Waals surface area (Å²) in [4.78, 5) is 68.9. The van der Waals surface area contributed by atoms with Gasteiger partial charge < -0.3 is 28.5 Å². The summed E-state index contributed by atoms with van der Waals surface area (Å²) in [5.74, 6) is -0.0667. The Balaban J connectivity index is 0.000000234. The third kappa shape index (κ3) is 11.8. The molecule has 1 amide bonds. The third-order valence-electron chi connectivity index (χ3n) is 8.85. The molecule has 6 rings (SSSR count). The number of methoxy groups -OCH3 is 2. The highest BCUT2D eigenvalue weighted by Crippen LogP contribution is 2.34. The van der Waals surface area contributed by atoms with E-state index in [4.69, 9.17) is 19.3 Å². The van der Waals surface area contributed by atoms with Crippen LogP contribution in [0.25, 0.3) is 22.3 Å². The van der Waals surface area contributed by atoms with Crippen molar-refractivity contribution in [2.24, 2.45) is 0 Å². The van der Waals surface area contributed by atoms with Gasteiger partial charge in [0.25, 0.3) is 22.5 Å². The maximum Gasteiger partial charge on any atom is 0.412 e. The SMILES string of the molecule is COc1ccc(Cn2ccc(C(=O)O)cc2=O)cc1-c1cccc([N+](=O)[O-])c1.COc1ccc(Cn2ccc(NC(=O)OC(C)(C)C)cc2=O)cc1-c1cccc([N+](=O)[O-])c1. The van der Waals surface area contributed by atoms with Crippen LogP contribution in [0.2, 0.25) is 0 Å². The number of nitrogens with zero attached hydrogens (tertiary/aromatic N) is 4. The predicted octanol–water partition coefficient (Wildman–Crippen LogP) is 8.01. The topological polar surface area (TPSA) is 224 Å². The fourth-order valence-electron chi connectivity index (χ4n) is 6.03. The van der Waals surface area contributed by atoms with Gasteiger partial charge in [-0.1, -0.05) is 36.4 Å². The van der Waals surface area contributed by atoms with E-state index in [9.17, 15) is 39.4 Å². The number of rotatable bonds is 12. The van der Waals surface area contributed by atoms with E-state index in [1.54, 1.807) is 81.6 Å². The number of pyridine rings is 2. The minimum atomic E-state index is -1.17. The molecule has 0 aliphatic heterocycles. The standard InChI is InChI=1S/C24H25N3O6.C20H16N2O6/c1-24(2,3)33-23(29)25-18-10-11-26(22(28)14-18)15-16-8-9-21(32-4)20(12-16)17-6-5-7-19(13-17)27(30)31;1-28-18-6-5-13(12-21-8-7-15(20(24)25)11-19(21)23)9-17(18)14-3-2-4-16(10-14)22(26)27/h5-14H,15H2,1-4H3,(H,25,29);2-11H,12H2,1H3,(H,24,25). The maximum absolute atomic E-state index is 12.6. The smallest absolute Gasteiger partial charge is 0.412 e. The second-order valence-electron chi connectivity index (χ2n) is 14.4. The van der Waals surface area contributed by atoms with Crippen LogP contribution >= 0.6 is 0 Å². The van der Waals surface area contributed by atoms with Crippen molar-refractivity contribution >= 4 is 29.1 Å². The number of non-ortho nitro benzene ring substituents is 2. The molecule has 2 N–H and O–H groups in total. The molecule has 0 bridgehead atoms. The van der Waals surface area contributed by atoms with Gasteiger partial charge in [-0.2, -0.15) is 0 Å². The number of nitrogens with one attached hydrogen (secondary N) is 1. The van der Waals surface area contributed by atoms with Crippen molar-refractivity contribution in [1.82, 2.24) is 9.13 Å². The molecule has 6 aromatic rings. The molecule has 0 fully saturated rings. The molecule has 0 spiro atoms. The molecule has 17 heteroatoms. The lowest BCUT2D eigenvalue weighted by atomic mass is 10.0. The van der Waals surface area contributed by atoms with Crippen molar-refractivity contribution in [3.63, 3.8) is 0 Å². The Morgan fingerprint density at radius 2 is 1.15 bits per heavy atom. The van der Waals surface area contributed by atoms with Gasteiger partial charge in [-0.25, -0.2) is 9.59 Å². The lowest BCUT2D eigenvalue weighted by molar-refractivity contribution is -0.385. The van der Waals surface area contributed by atoms with Gasteiger partial charge >= 0.3 is 12.1 Å². The Kier molecular flexibility index (Phi) is 13.8. The van der Waals surface area contributed by atoms with Crippen molar-refractivity contribution in [2.45, 2.75) is 39.5 Å². The second-order valence-corrected chi connectivity index (χ2v) is 14.4. The van der Waals surface area contributed by atoms with Crippen LogP contribution in [0.15, 0.2) is 131 Å². The van der Waals surface area contributed by atoms with Crippen LogP contribution < -0.4 is 25.9 Å². The summed E-state index contributed by atoms with van der Waals surface area (Å²) >= 11 is 0. The molecule has 0 unspecified atom stereocenters.